The van der Waals surface area contributed by atoms with Crippen molar-refractivity contribution >= 4 is 11.8 Å². The number of piperidine rings is 1. The van der Waals surface area contributed by atoms with Crippen LogP contribution in [0.25, 0.3) is 0 Å². The van der Waals surface area contributed by atoms with Gasteiger partial charge in [-0.2, -0.15) is 0 Å². The summed E-state index contributed by atoms with van der Waals surface area (Å²) in [4.78, 5) is 35.7. The summed E-state index contributed by atoms with van der Waals surface area (Å²) < 4.78 is 5.13. The first-order chi connectivity index (χ1) is 13.2. The van der Waals surface area contributed by atoms with Crippen LogP contribution in [0.5, 0.6) is 0 Å². The first-order valence-corrected chi connectivity index (χ1v) is 9.85. The third kappa shape index (κ3) is 5.49. The lowest BCUT2D eigenvalue weighted by Gasteiger charge is -2.38. The highest BCUT2D eigenvalue weighted by Gasteiger charge is 2.33. The van der Waals surface area contributed by atoms with Crippen LogP contribution in [-0.4, -0.2) is 91.0 Å². The molecule has 3 heterocycles. The Kier molecular flexibility index (Phi) is 7.18. The molecule has 1 aromatic rings. The van der Waals surface area contributed by atoms with E-state index < -0.39 is 0 Å². The zero-order valence-electron chi connectivity index (χ0n) is 16.2. The molecule has 2 aliphatic rings. The first-order valence-electron chi connectivity index (χ1n) is 9.85. The van der Waals surface area contributed by atoms with Gasteiger partial charge in [0, 0.05) is 77.7 Å². The molecule has 2 fully saturated rings. The molecule has 7 heteroatoms. The van der Waals surface area contributed by atoms with Crippen molar-refractivity contribution in [2.24, 2.45) is 5.92 Å². The van der Waals surface area contributed by atoms with E-state index >= 15 is 0 Å². The predicted octanol–water partition coefficient (Wildman–Crippen LogP) is 0.653. The minimum absolute atomic E-state index is 0.0723. The van der Waals surface area contributed by atoms with Gasteiger partial charge in [0.05, 0.1) is 12.5 Å². The highest BCUT2D eigenvalue weighted by atomic mass is 16.5. The van der Waals surface area contributed by atoms with E-state index in [1.807, 2.05) is 28.0 Å². The molecule has 0 radical (unpaired) electrons. The Hall–Kier alpha value is -1.99. The van der Waals surface area contributed by atoms with Crippen molar-refractivity contribution in [3.8, 4) is 0 Å². The van der Waals surface area contributed by atoms with Gasteiger partial charge in [-0.1, -0.05) is 6.07 Å². The number of methoxy groups -OCH3 is 1. The van der Waals surface area contributed by atoms with Crippen LogP contribution < -0.4 is 0 Å². The number of hydrogen-bond donors (Lipinski definition) is 0. The average Bonchev–Trinajstić information content (AvgIpc) is 2.72. The number of pyridine rings is 1. The normalized spacial score (nSPS) is 21.5. The van der Waals surface area contributed by atoms with Crippen molar-refractivity contribution in [1.82, 2.24) is 19.7 Å². The lowest BCUT2D eigenvalue weighted by atomic mass is 9.95. The molecular formula is C20H30N4O3. The number of ether oxygens (including phenoxy) is 1. The van der Waals surface area contributed by atoms with Gasteiger partial charge >= 0.3 is 0 Å². The van der Waals surface area contributed by atoms with E-state index in [4.69, 9.17) is 4.74 Å². The fraction of sp³-hybridized carbons (Fsp3) is 0.650. The second-order valence-electron chi connectivity index (χ2n) is 7.31. The highest BCUT2D eigenvalue weighted by Crippen LogP contribution is 2.21. The number of hydrogen-bond acceptors (Lipinski definition) is 5. The Morgan fingerprint density at radius 3 is 2.74 bits per heavy atom. The van der Waals surface area contributed by atoms with Crippen LogP contribution in [0.3, 0.4) is 0 Å². The molecule has 148 valence electrons. The zero-order valence-corrected chi connectivity index (χ0v) is 16.2. The molecule has 3 rings (SSSR count). The predicted molar refractivity (Wildman–Crippen MR) is 102 cm³/mol. The SMILES string of the molecule is COCCN1CCN(C(=O)[C@H]2CCC(=O)N(CCc3ccccn3)C2)CC1. The van der Waals surface area contributed by atoms with Crippen molar-refractivity contribution in [1.29, 1.82) is 0 Å². The van der Waals surface area contributed by atoms with Crippen molar-refractivity contribution < 1.29 is 14.3 Å². The van der Waals surface area contributed by atoms with Crippen LogP contribution >= 0.6 is 0 Å². The molecule has 1 aromatic heterocycles. The van der Waals surface area contributed by atoms with Gasteiger partial charge in [-0.25, -0.2) is 0 Å². The van der Waals surface area contributed by atoms with Crippen molar-refractivity contribution in [2.45, 2.75) is 19.3 Å². The van der Waals surface area contributed by atoms with Crippen molar-refractivity contribution in [3.05, 3.63) is 30.1 Å². The van der Waals surface area contributed by atoms with Gasteiger partial charge in [0.2, 0.25) is 11.8 Å². The lowest BCUT2D eigenvalue weighted by molar-refractivity contribution is -0.144. The van der Waals surface area contributed by atoms with Gasteiger partial charge in [-0.15, -0.1) is 0 Å². The molecule has 27 heavy (non-hydrogen) atoms. The van der Waals surface area contributed by atoms with Gasteiger partial charge < -0.3 is 14.5 Å². The molecule has 2 saturated heterocycles. The summed E-state index contributed by atoms with van der Waals surface area (Å²) in [5.74, 6) is 0.285. The average molecular weight is 374 g/mol. The number of carbonyl (C=O) groups excluding carboxylic acids is 2. The van der Waals surface area contributed by atoms with E-state index in [9.17, 15) is 9.59 Å². The van der Waals surface area contributed by atoms with Gasteiger partial charge in [0.25, 0.3) is 0 Å². The third-order valence-corrected chi connectivity index (χ3v) is 5.51. The number of carbonyl (C=O) groups is 2. The van der Waals surface area contributed by atoms with Crippen LogP contribution in [-0.2, 0) is 20.7 Å². The van der Waals surface area contributed by atoms with Gasteiger partial charge in [-0.3, -0.25) is 19.5 Å². The van der Waals surface area contributed by atoms with Crippen LogP contribution in [0.2, 0.25) is 0 Å². The van der Waals surface area contributed by atoms with E-state index in [2.05, 4.69) is 9.88 Å². The van der Waals surface area contributed by atoms with Crippen LogP contribution in [0.15, 0.2) is 24.4 Å². The quantitative estimate of drug-likeness (QED) is 0.701. The van der Waals surface area contributed by atoms with Crippen molar-refractivity contribution in [3.63, 3.8) is 0 Å². The molecular weight excluding hydrogens is 344 g/mol. The maximum atomic E-state index is 12.9. The molecule has 0 unspecified atom stereocenters. The van der Waals surface area contributed by atoms with E-state index in [0.717, 1.165) is 51.4 Å². The molecule has 0 N–H and O–H groups in total. The Balaban J connectivity index is 1.48. The van der Waals surface area contributed by atoms with E-state index in [1.165, 1.54) is 0 Å². The molecule has 2 amide bonds. The van der Waals surface area contributed by atoms with Crippen LogP contribution in [0.4, 0.5) is 0 Å². The molecule has 0 aliphatic carbocycles. The number of nitrogens with zero attached hydrogens (tertiary/aromatic N) is 4. The second-order valence-corrected chi connectivity index (χ2v) is 7.31. The maximum Gasteiger partial charge on any atom is 0.227 e. The number of amides is 2. The minimum Gasteiger partial charge on any atom is -0.383 e. The summed E-state index contributed by atoms with van der Waals surface area (Å²) in [7, 11) is 1.71. The van der Waals surface area contributed by atoms with E-state index in [0.29, 0.717) is 25.9 Å². The van der Waals surface area contributed by atoms with Crippen molar-refractivity contribution in [2.75, 3.05) is 59.5 Å². The Labute approximate surface area is 161 Å². The molecule has 1 atom stereocenters. The van der Waals surface area contributed by atoms with E-state index in [1.54, 1.807) is 13.3 Å². The molecule has 7 nitrogen and oxygen atoms in total. The molecule has 0 spiro atoms. The summed E-state index contributed by atoms with van der Waals surface area (Å²) in [6.45, 7) is 6.12. The van der Waals surface area contributed by atoms with Crippen LogP contribution in [0.1, 0.15) is 18.5 Å². The Morgan fingerprint density at radius 1 is 1.22 bits per heavy atom. The summed E-state index contributed by atoms with van der Waals surface area (Å²) in [6, 6.07) is 5.82. The number of likely N-dealkylation sites (tertiary alicyclic amines) is 1. The van der Waals surface area contributed by atoms with E-state index in [-0.39, 0.29) is 17.7 Å². The minimum atomic E-state index is -0.0723. The highest BCUT2D eigenvalue weighted by molar-refractivity contribution is 5.84. The largest absolute Gasteiger partial charge is 0.383 e. The third-order valence-electron chi connectivity index (χ3n) is 5.51. The van der Waals surface area contributed by atoms with Gasteiger partial charge in [0.15, 0.2) is 0 Å². The molecule has 0 saturated carbocycles. The standard InChI is InChI=1S/C20H30N4O3/c1-27-15-14-22-10-12-23(13-11-22)20(26)17-5-6-19(25)24(16-17)9-7-18-4-2-3-8-21-18/h2-4,8,17H,5-7,9-16H2,1H3/t17-/m0/s1. The zero-order chi connectivity index (χ0) is 19.1. The molecule has 0 bridgehead atoms. The Bertz CT molecular complexity index is 617. The first kappa shape index (κ1) is 19.8. The topological polar surface area (TPSA) is 66.0 Å². The number of piperazine rings is 1. The maximum absolute atomic E-state index is 12.9. The molecule has 0 aromatic carbocycles. The monoisotopic (exact) mass is 374 g/mol. The fourth-order valence-corrected chi connectivity index (χ4v) is 3.80. The number of rotatable bonds is 7. The summed E-state index contributed by atoms with van der Waals surface area (Å²) in [5.41, 5.74) is 0.978. The summed E-state index contributed by atoms with van der Waals surface area (Å²) >= 11 is 0. The van der Waals surface area contributed by atoms with Gasteiger partial charge in [-0.05, 0) is 18.6 Å². The van der Waals surface area contributed by atoms with Crippen LogP contribution in [0, 0.1) is 5.92 Å². The lowest BCUT2D eigenvalue weighted by Crippen LogP contribution is -2.53. The number of aromatic nitrogens is 1. The molecule has 2 aliphatic heterocycles. The Morgan fingerprint density at radius 2 is 2.04 bits per heavy atom. The smallest absolute Gasteiger partial charge is 0.227 e. The summed E-state index contributed by atoms with van der Waals surface area (Å²) in [5, 5.41) is 0. The second kappa shape index (κ2) is 9.80. The summed E-state index contributed by atoms with van der Waals surface area (Å²) in [6.07, 6.45) is 3.63. The fourth-order valence-electron chi connectivity index (χ4n) is 3.80. The van der Waals surface area contributed by atoms with Gasteiger partial charge in [0.1, 0.15) is 0 Å².